The lowest BCUT2D eigenvalue weighted by Crippen LogP contribution is -2.46. The van der Waals surface area contributed by atoms with Crippen LogP contribution >= 0.6 is 11.8 Å². The third kappa shape index (κ3) is 6.65. The number of aromatic nitrogens is 2. The fourth-order valence-electron chi connectivity index (χ4n) is 5.70. The molecule has 0 radical (unpaired) electrons. The van der Waals surface area contributed by atoms with Gasteiger partial charge in [-0.05, 0) is 70.3 Å². The van der Waals surface area contributed by atoms with Gasteiger partial charge < -0.3 is 9.80 Å². The Bertz CT molecular complexity index is 613. The van der Waals surface area contributed by atoms with E-state index >= 15 is 0 Å². The van der Waals surface area contributed by atoms with Crippen LogP contribution in [0.3, 0.4) is 0 Å². The van der Waals surface area contributed by atoms with Crippen molar-refractivity contribution >= 4 is 11.8 Å². The number of hydrogen-bond donors (Lipinski definition) is 0. The van der Waals surface area contributed by atoms with Crippen LogP contribution in [0.5, 0.6) is 0 Å². The Morgan fingerprint density at radius 3 is 2.47 bits per heavy atom. The second kappa shape index (κ2) is 11.8. The standard InChI is InChI=1S/C24H41N5S/c1-30-24-25-16-22(17-26-24)19-28(15-14-27-11-5-2-6-12-27)18-21-8-7-13-29(20-21)23-9-3-4-10-23/h16-17,21,23H,2-15,18-20H2,1H3/t21-/m0/s1. The summed E-state index contributed by atoms with van der Waals surface area (Å²) in [6.07, 6.45) is 18.8. The normalized spacial score (nSPS) is 24.7. The largest absolute Gasteiger partial charge is 0.302 e. The van der Waals surface area contributed by atoms with Gasteiger partial charge in [-0.2, -0.15) is 0 Å². The van der Waals surface area contributed by atoms with Gasteiger partial charge >= 0.3 is 0 Å². The van der Waals surface area contributed by atoms with Crippen LogP contribution in [0.1, 0.15) is 63.4 Å². The molecule has 1 atom stereocenters. The van der Waals surface area contributed by atoms with E-state index in [1.807, 2.05) is 18.6 Å². The molecule has 0 bridgehead atoms. The second-order valence-corrected chi connectivity index (χ2v) is 10.4. The first kappa shape index (κ1) is 22.5. The second-order valence-electron chi connectivity index (χ2n) is 9.66. The van der Waals surface area contributed by atoms with E-state index in [1.165, 1.54) is 109 Å². The summed E-state index contributed by atoms with van der Waals surface area (Å²) in [4.78, 5) is 17.2. The molecule has 2 saturated heterocycles. The molecule has 1 aliphatic carbocycles. The molecule has 0 unspecified atom stereocenters. The molecule has 3 fully saturated rings. The van der Waals surface area contributed by atoms with Crippen molar-refractivity contribution in [2.45, 2.75) is 75.5 Å². The predicted octanol–water partition coefficient (Wildman–Crippen LogP) is 4.14. The molecule has 5 nitrogen and oxygen atoms in total. The van der Waals surface area contributed by atoms with E-state index in [4.69, 9.17) is 0 Å². The molecule has 4 rings (SSSR count). The van der Waals surface area contributed by atoms with Crippen LogP contribution in [0.4, 0.5) is 0 Å². The fraction of sp³-hybridized carbons (Fsp3) is 0.833. The Kier molecular flexibility index (Phi) is 8.85. The highest BCUT2D eigenvalue weighted by atomic mass is 32.2. The molecule has 0 amide bonds. The molecular formula is C24H41N5S. The first-order valence-electron chi connectivity index (χ1n) is 12.3. The van der Waals surface area contributed by atoms with E-state index in [0.29, 0.717) is 0 Å². The van der Waals surface area contributed by atoms with Crippen molar-refractivity contribution in [2.75, 3.05) is 52.1 Å². The Morgan fingerprint density at radius 2 is 1.73 bits per heavy atom. The van der Waals surface area contributed by atoms with E-state index in [2.05, 4.69) is 24.7 Å². The number of nitrogens with zero attached hydrogens (tertiary/aromatic N) is 5. The molecule has 0 spiro atoms. The monoisotopic (exact) mass is 431 g/mol. The molecule has 1 aromatic heterocycles. The van der Waals surface area contributed by atoms with Crippen LogP contribution in [-0.2, 0) is 6.54 Å². The summed E-state index contributed by atoms with van der Waals surface area (Å²) in [7, 11) is 0. The third-order valence-corrected chi connectivity index (χ3v) is 7.94. The van der Waals surface area contributed by atoms with Gasteiger partial charge in [-0.25, -0.2) is 9.97 Å². The summed E-state index contributed by atoms with van der Waals surface area (Å²) in [5, 5.41) is 0.873. The van der Waals surface area contributed by atoms with Crippen molar-refractivity contribution in [3.63, 3.8) is 0 Å². The summed E-state index contributed by atoms with van der Waals surface area (Å²) in [5.41, 5.74) is 1.26. The van der Waals surface area contributed by atoms with Crippen LogP contribution in [0.15, 0.2) is 17.6 Å². The van der Waals surface area contributed by atoms with Gasteiger partial charge in [-0.15, -0.1) is 0 Å². The van der Waals surface area contributed by atoms with E-state index in [1.54, 1.807) is 11.8 Å². The first-order valence-corrected chi connectivity index (χ1v) is 13.6. The Balaban J connectivity index is 1.35. The summed E-state index contributed by atoms with van der Waals surface area (Å²) in [6, 6.07) is 0.877. The number of rotatable bonds is 9. The predicted molar refractivity (Wildman–Crippen MR) is 126 cm³/mol. The van der Waals surface area contributed by atoms with Crippen LogP contribution in [0, 0.1) is 5.92 Å². The molecule has 30 heavy (non-hydrogen) atoms. The van der Waals surface area contributed by atoms with E-state index in [0.717, 1.165) is 23.7 Å². The van der Waals surface area contributed by atoms with Gasteiger partial charge in [0.05, 0.1) is 0 Å². The maximum Gasteiger partial charge on any atom is 0.187 e. The molecule has 0 N–H and O–H groups in total. The Labute approximate surface area is 188 Å². The molecule has 3 heterocycles. The maximum atomic E-state index is 4.52. The van der Waals surface area contributed by atoms with Crippen molar-refractivity contribution in [3.05, 3.63) is 18.0 Å². The highest BCUT2D eigenvalue weighted by molar-refractivity contribution is 7.98. The van der Waals surface area contributed by atoms with Gasteiger partial charge in [0.2, 0.25) is 0 Å². The molecule has 6 heteroatoms. The van der Waals surface area contributed by atoms with E-state index in [9.17, 15) is 0 Å². The van der Waals surface area contributed by atoms with Crippen molar-refractivity contribution in [1.29, 1.82) is 0 Å². The third-order valence-electron chi connectivity index (χ3n) is 7.36. The average Bonchev–Trinajstić information content (AvgIpc) is 3.34. The molecule has 1 saturated carbocycles. The minimum Gasteiger partial charge on any atom is -0.302 e. The molecule has 1 aromatic rings. The zero-order valence-corrected chi connectivity index (χ0v) is 19.8. The molecule has 2 aliphatic heterocycles. The number of thioether (sulfide) groups is 1. The van der Waals surface area contributed by atoms with Gasteiger partial charge in [-0.3, -0.25) is 4.90 Å². The quantitative estimate of drug-likeness (QED) is 0.432. The van der Waals surface area contributed by atoms with E-state index < -0.39 is 0 Å². The summed E-state index contributed by atoms with van der Waals surface area (Å²) >= 11 is 1.62. The van der Waals surface area contributed by atoms with Crippen LogP contribution in [0.25, 0.3) is 0 Å². The number of hydrogen-bond acceptors (Lipinski definition) is 6. The van der Waals surface area contributed by atoms with Crippen LogP contribution in [-0.4, -0.2) is 82.8 Å². The van der Waals surface area contributed by atoms with Crippen molar-refractivity contribution in [2.24, 2.45) is 5.92 Å². The Hall–Kier alpha value is -0.690. The van der Waals surface area contributed by atoms with Crippen molar-refractivity contribution < 1.29 is 0 Å². The minimum absolute atomic E-state index is 0.812. The SMILES string of the molecule is CSc1ncc(CN(CCN2CCCCC2)C[C@@H]2CCCN(C3CCCC3)C2)cn1. The molecule has 168 valence electrons. The van der Waals surface area contributed by atoms with Gasteiger partial charge in [0.25, 0.3) is 0 Å². The van der Waals surface area contributed by atoms with Crippen molar-refractivity contribution in [1.82, 2.24) is 24.7 Å². The molecule has 3 aliphatic rings. The summed E-state index contributed by atoms with van der Waals surface area (Å²) < 4.78 is 0. The lowest BCUT2D eigenvalue weighted by molar-refractivity contribution is 0.0911. The van der Waals surface area contributed by atoms with Crippen LogP contribution in [0.2, 0.25) is 0 Å². The summed E-state index contributed by atoms with van der Waals surface area (Å²) in [6.45, 7) is 9.82. The smallest absolute Gasteiger partial charge is 0.187 e. The Morgan fingerprint density at radius 1 is 0.967 bits per heavy atom. The lowest BCUT2D eigenvalue weighted by Gasteiger charge is -2.39. The molecule has 0 aromatic carbocycles. The summed E-state index contributed by atoms with van der Waals surface area (Å²) in [5.74, 6) is 0.812. The fourth-order valence-corrected chi connectivity index (χ4v) is 6.02. The minimum atomic E-state index is 0.812. The number of piperidine rings is 2. The van der Waals surface area contributed by atoms with Crippen molar-refractivity contribution in [3.8, 4) is 0 Å². The van der Waals surface area contributed by atoms with Crippen LogP contribution < -0.4 is 0 Å². The zero-order chi connectivity index (χ0) is 20.6. The average molecular weight is 432 g/mol. The highest BCUT2D eigenvalue weighted by Crippen LogP contribution is 2.28. The lowest BCUT2D eigenvalue weighted by atomic mass is 9.95. The first-order chi connectivity index (χ1) is 14.8. The van der Waals surface area contributed by atoms with Gasteiger partial charge in [0.15, 0.2) is 5.16 Å². The van der Waals surface area contributed by atoms with Gasteiger partial charge in [0, 0.05) is 56.7 Å². The number of likely N-dealkylation sites (tertiary alicyclic amines) is 2. The molecular weight excluding hydrogens is 390 g/mol. The highest BCUT2D eigenvalue weighted by Gasteiger charge is 2.29. The topological polar surface area (TPSA) is 35.5 Å². The van der Waals surface area contributed by atoms with Gasteiger partial charge in [0.1, 0.15) is 0 Å². The maximum absolute atomic E-state index is 4.52. The zero-order valence-electron chi connectivity index (χ0n) is 19.0. The van der Waals surface area contributed by atoms with Gasteiger partial charge in [-0.1, -0.05) is 31.0 Å². The van der Waals surface area contributed by atoms with E-state index in [-0.39, 0.29) is 0 Å².